The number of halogens is 1. The number of anilines is 1. The molecule has 1 aromatic rings. The zero-order valence-corrected chi connectivity index (χ0v) is 10.1. The number of nitrogens with one attached hydrogen (secondary N) is 2. The molecule has 1 aliphatic heterocycles. The molecule has 1 fully saturated rings. The van der Waals surface area contributed by atoms with Gasteiger partial charge in [0.15, 0.2) is 5.82 Å². The second-order valence-electron chi connectivity index (χ2n) is 3.87. The summed E-state index contributed by atoms with van der Waals surface area (Å²) >= 11 is 0. The fourth-order valence-corrected chi connectivity index (χ4v) is 1.77. The number of amides is 1. The molecule has 1 aliphatic rings. The quantitative estimate of drug-likeness (QED) is 0.814. The van der Waals surface area contributed by atoms with Gasteiger partial charge in [-0.15, -0.1) is 12.4 Å². The Morgan fingerprint density at radius 3 is 3.00 bits per heavy atom. The zero-order valence-electron chi connectivity index (χ0n) is 9.27. The molecule has 2 N–H and O–H groups in total. The smallest absolute Gasteiger partial charge is 0.242 e. The molecular formula is C10H17ClN4O. The molecule has 0 saturated carbocycles. The van der Waals surface area contributed by atoms with E-state index in [4.69, 9.17) is 0 Å². The molecule has 0 unspecified atom stereocenters. The lowest BCUT2D eigenvalue weighted by atomic mass is 10.0. The number of nitrogens with zero attached hydrogens (tertiary/aromatic N) is 2. The van der Waals surface area contributed by atoms with Crippen LogP contribution in [0.5, 0.6) is 0 Å². The lowest BCUT2D eigenvalue weighted by Crippen LogP contribution is -2.43. The minimum absolute atomic E-state index is 0. The second-order valence-corrected chi connectivity index (χ2v) is 3.87. The van der Waals surface area contributed by atoms with Gasteiger partial charge in [-0.1, -0.05) is 6.42 Å². The first-order valence-electron chi connectivity index (χ1n) is 5.29. The predicted molar refractivity (Wildman–Crippen MR) is 64.7 cm³/mol. The summed E-state index contributed by atoms with van der Waals surface area (Å²) in [5.41, 5.74) is 0. The first-order chi connectivity index (χ1) is 7.25. The van der Waals surface area contributed by atoms with E-state index in [0.29, 0.717) is 5.82 Å². The number of hydrogen-bond acceptors (Lipinski definition) is 3. The Kier molecular flexibility index (Phi) is 4.76. The molecule has 2 rings (SSSR count). The molecule has 6 heteroatoms. The van der Waals surface area contributed by atoms with Gasteiger partial charge in [0.1, 0.15) is 0 Å². The highest BCUT2D eigenvalue weighted by molar-refractivity contribution is 5.94. The van der Waals surface area contributed by atoms with Crippen molar-refractivity contribution in [3.63, 3.8) is 0 Å². The van der Waals surface area contributed by atoms with Gasteiger partial charge in [0, 0.05) is 19.3 Å². The number of piperidine rings is 1. The molecule has 0 bridgehead atoms. The van der Waals surface area contributed by atoms with Crippen LogP contribution in [0.2, 0.25) is 0 Å². The molecular weight excluding hydrogens is 228 g/mol. The first-order valence-corrected chi connectivity index (χ1v) is 5.29. The summed E-state index contributed by atoms with van der Waals surface area (Å²) in [7, 11) is 1.83. The minimum Gasteiger partial charge on any atom is -0.308 e. The largest absolute Gasteiger partial charge is 0.308 e. The maximum Gasteiger partial charge on any atom is 0.242 e. The molecule has 0 aromatic carbocycles. The monoisotopic (exact) mass is 244 g/mol. The van der Waals surface area contributed by atoms with E-state index < -0.39 is 0 Å². The van der Waals surface area contributed by atoms with Gasteiger partial charge in [0.2, 0.25) is 5.91 Å². The standard InChI is InChI=1S/C10H16N4O.ClH/c1-14-7-5-9(13-14)12-10(15)8-4-2-3-6-11-8;/h5,7-8,11H,2-4,6H2,1H3,(H,12,13,15);1H/t8-;/m0./s1. The van der Waals surface area contributed by atoms with Crippen molar-refractivity contribution < 1.29 is 4.79 Å². The maximum atomic E-state index is 11.8. The number of rotatable bonds is 2. The van der Waals surface area contributed by atoms with E-state index in [2.05, 4.69) is 15.7 Å². The lowest BCUT2D eigenvalue weighted by Gasteiger charge is -2.21. The summed E-state index contributed by atoms with van der Waals surface area (Å²) in [6, 6.07) is 1.74. The van der Waals surface area contributed by atoms with Crippen LogP contribution in [-0.2, 0) is 11.8 Å². The fourth-order valence-electron chi connectivity index (χ4n) is 1.77. The van der Waals surface area contributed by atoms with Crippen LogP contribution < -0.4 is 10.6 Å². The Hall–Kier alpha value is -1.07. The summed E-state index contributed by atoms with van der Waals surface area (Å²) in [6.45, 7) is 0.931. The number of hydrogen-bond donors (Lipinski definition) is 2. The number of aryl methyl sites for hydroxylation is 1. The minimum atomic E-state index is -0.0549. The molecule has 90 valence electrons. The van der Waals surface area contributed by atoms with Crippen LogP contribution in [0.3, 0.4) is 0 Å². The van der Waals surface area contributed by atoms with Crippen molar-refractivity contribution in [3.05, 3.63) is 12.3 Å². The third-order valence-corrected chi connectivity index (χ3v) is 2.59. The highest BCUT2D eigenvalue weighted by Crippen LogP contribution is 2.09. The summed E-state index contributed by atoms with van der Waals surface area (Å²) in [6.07, 6.45) is 5.00. The van der Waals surface area contributed by atoms with E-state index in [1.807, 2.05) is 13.2 Å². The molecule has 2 heterocycles. The second kappa shape index (κ2) is 5.86. The van der Waals surface area contributed by atoms with Gasteiger partial charge in [-0.3, -0.25) is 9.48 Å². The van der Waals surface area contributed by atoms with Crippen LogP contribution in [0, 0.1) is 0 Å². The van der Waals surface area contributed by atoms with E-state index in [1.54, 1.807) is 10.7 Å². The van der Waals surface area contributed by atoms with Gasteiger partial charge in [0.05, 0.1) is 6.04 Å². The van der Waals surface area contributed by atoms with Gasteiger partial charge in [0.25, 0.3) is 0 Å². The predicted octanol–water partition coefficient (Wildman–Crippen LogP) is 0.922. The van der Waals surface area contributed by atoms with Gasteiger partial charge in [-0.2, -0.15) is 5.10 Å². The molecule has 1 atom stereocenters. The Bertz CT molecular complexity index is 346. The Morgan fingerprint density at radius 2 is 2.44 bits per heavy atom. The first kappa shape index (κ1) is 13.0. The maximum absolute atomic E-state index is 11.8. The average molecular weight is 245 g/mol. The van der Waals surface area contributed by atoms with E-state index in [0.717, 1.165) is 25.8 Å². The van der Waals surface area contributed by atoms with Gasteiger partial charge < -0.3 is 10.6 Å². The molecule has 0 radical (unpaired) electrons. The summed E-state index contributed by atoms with van der Waals surface area (Å²) in [5, 5.41) is 10.1. The normalized spacial score (nSPS) is 19.9. The molecule has 16 heavy (non-hydrogen) atoms. The third-order valence-electron chi connectivity index (χ3n) is 2.59. The molecule has 1 saturated heterocycles. The summed E-state index contributed by atoms with van der Waals surface area (Å²) < 4.78 is 1.67. The van der Waals surface area contributed by atoms with Crippen LogP contribution in [0.4, 0.5) is 5.82 Å². The van der Waals surface area contributed by atoms with Crippen molar-refractivity contribution >= 4 is 24.1 Å². The summed E-state index contributed by atoms with van der Waals surface area (Å²) in [4.78, 5) is 11.8. The average Bonchev–Trinajstić information content (AvgIpc) is 2.65. The highest BCUT2D eigenvalue weighted by Gasteiger charge is 2.20. The van der Waals surface area contributed by atoms with E-state index in [1.165, 1.54) is 0 Å². The van der Waals surface area contributed by atoms with Crippen molar-refractivity contribution in [1.82, 2.24) is 15.1 Å². The van der Waals surface area contributed by atoms with E-state index in [9.17, 15) is 4.79 Å². The van der Waals surface area contributed by atoms with Crippen molar-refractivity contribution in [2.24, 2.45) is 7.05 Å². The number of aromatic nitrogens is 2. The molecule has 1 aromatic heterocycles. The van der Waals surface area contributed by atoms with Crippen molar-refractivity contribution in [2.45, 2.75) is 25.3 Å². The van der Waals surface area contributed by atoms with E-state index >= 15 is 0 Å². The molecule has 5 nitrogen and oxygen atoms in total. The van der Waals surface area contributed by atoms with Crippen LogP contribution in [0.25, 0.3) is 0 Å². The number of carbonyl (C=O) groups is 1. The van der Waals surface area contributed by atoms with Crippen LogP contribution in [0.15, 0.2) is 12.3 Å². The van der Waals surface area contributed by atoms with Gasteiger partial charge >= 0.3 is 0 Å². The van der Waals surface area contributed by atoms with E-state index in [-0.39, 0.29) is 24.4 Å². The fraction of sp³-hybridized carbons (Fsp3) is 0.600. The van der Waals surface area contributed by atoms with Gasteiger partial charge in [-0.05, 0) is 19.4 Å². The topological polar surface area (TPSA) is 59.0 Å². The van der Waals surface area contributed by atoms with Crippen LogP contribution >= 0.6 is 12.4 Å². The SMILES string of the molecule is Cl.Cn1ccc(NC(=O)[C@@H]2CCCCN2)n1. The molecule has 1 amide bonds. The Balaban J connectivity index is 0.00000128. The van der Waals surface area contributed by atoms with Crippen LogP contribution in [-0.4, -0.2) is 28.3 Å². The third kappa shape index (κ3) is 3.21. The summed E-state index contributed by atoms with van der Waals surface area (Å²) in [5.74, 6) is 0.642. The van der Waals surface area contributed by atoms with Gasteiger partial charge in [-0.25, -0.2) is 0 Å². The Morgan fingerprint density at radius 1 is 1.62 bits per heavy atom. The number of carbonyl (C=O) groups excluding carboxylic acids is 1. The Labute approximate surface area is 101 Å². The molecule has 0 aliphatic carbocycles. The van der Waals surface area contributed by atoms with Crippen LogP contribution in [0.1, 0.15) is 19.3 Å². The van der Waals surface area contributed by atoms with Crippen molar-refractivity contribution in [2.75, 3.05) is 11.9 Å². The lowest BCUT2D eigenvalue weighted by molar-refractivity contribution is -0.118. The van der Waals surface area contributed by atoms with Crippen molar-refractivity contribution in [3.8, 4) is 0 Å². The molecule has 0 spiro atoms. The zero-order chi connectivity index (χ0) is 10.7. The van der Waals surface area contributed by atoms with Crippen molar-refractivity contribution in [1.29, 1.82) is 0 Å². The highest BCUT2D eigenvalue weighted by atomic mass is 35.5.